The van der Waals surface area contributed by atoms with Gasteiger partial charge in [-0.3, -0.25) is 0 Å². The highest BCUT2D eigenvalue weighted by Gasteiger charge is 2.30. The van der Waals surface area contributed by atoms with Crippen LogP contribution in [0.4, 0.5) is 0 Å². The number of aliphatic hydroxyl groups is 4. The van der Waals surface area contributed by atoms with Crippen LogP contribution in [0.5, 0.6) is 11.5 Å². The fourth-order valence-electron chi connectivity index (χ4n) is 2.90. The Morgan fingerprint density at radius 3 is 2.26 bits per heavy atom. The normalized spacial score (nSPS) is 21.5. The first-order valence-electron chi connectivity index (χ1n) is 7.35. The number of hydrogen-bond donors (Lipinski definition) is 6. The molecular weight excluding hydrogens is 300 g/mol. The third-order valence-corrected chi connectivity index (χ3v) is 4.31. The molecule has 1 aromatic rings. The van der Waals surface area contributed by atoms with Gasteiger partial charge in [-0.15, -0.1) is 0 Å². The molecule has 1 aliphatic rings. The molecule has 6 nitrogen and oxygen atoms in total. The van der Waals surface area contributed by atoms with Crippen molar-refractivity contribution in [2.24, 2.45) is 5.92 Å². The largest absolute Gasteiger partial charge is 0.512 e. The SMILES string of the molecule is CC1=CC(Cc2cc(C)c(O)c(CO)c2O)=C(O)C(CO)C1O. The van der Waals surface area contributed by atoms with Crippen molar-refractivity contribution >= 4 is 0 Å². The van der Waals surface area contributed by atoms with Gasteiger partial charge in [-0.25, -0.2) is 0 Å². The first-order valence-corrected chi connectivity index (χ1v) is 7.35. The molecule has 6 heteroatoms. The summed E-state index contributed by atoms with van der Waals surface area (Å²) >= 11 is 0. The zero-order chi connectivity index (χ0) is 17.3. The van der Waals surface area contributed by atoms with Crippen LogP contribution in [0.2, 0.25) is 0 Å². The van der Waals surface area contributed by atoms with Crippen molar-refractivity contribution < 1.29 is 30.6 Å². The molecule has 0 saturated carbocycles. The molecule has 1 aromatic carbocycles. The van der Waals surface area contributed by atoms with Gasteiger partial charge in [-0.1, -0.05) is 6.08 Å². The van der Waals surface area contributed by atoms with E-state index >= 15 is 0 Å². The Bertz CT molecular complexity index is 674. The predicted molar refractivity (Wildman–Crippen MR) is 84.1 cm³/mol. The summed E-state index contributed by atoms with van der Waals surface area (Å²) < 4.78 is 0. The standard InChI is InChI=1S/C17H22O6/c1-8-3-10(16(22)12(6-18)14(8)20)5-11-4-9(2)15(21)13(7-19)17(11)23/h3-4,12,14,18-23H,5-7H2,1-2H3. The van der Waals surface area contributed by atoms with Gasteiger partial charge >= 0.3 is 0 Å². The van der Waals surface area contributed by atoms with Crippen molar-refractivity contribution in [3.63, 3.8) is 0 Å². The van der Waals surface area contributed by atoms with Crippen molar-refractivity contribution in [1.82, 2.24) is 0 Å². The summed E-state index contributed by atoms with van der Waals surface area (Å²) in [7, 11) is 0. The average Bonchev–Trinajstić information content (AvgIpc) is 2.51. The van der Waals surface area contributed by atoms with E-state index in [1.165, 1.54) is 0 Å². The Morgan fingerprint density at radius 2 is 1.70 bits per heavy atom. The van der Waals surface area contributed by atoms with Gasteiger partial charge in [0.05, 0.1) is 30.8 Å². The molecule has 0 heterocycles. The number of allylic oxidation sites excluding steroid dienone is 2. The Labute approximate surface area is 134 Å². The molecular formula is C17H22O6. The van der Waals surface area contributed by atoms with Gasteiger partial charge in [0.25, 0.3) is 0 Å². The summed E-state index contributed by atoms with van der Waals surface area (Å²) in [6.07, 6.45) is 0.811. The molecule has 2 atom stereocenters. The van der Waals surface area contributed by atoms with Gasteiger partial charge < -0.3 is 30.6 Å². The first-order chi connectivity index (χ1) is 10.8. The van der Waals surface area contributed by atoms with Gasteiger partial charge in [-0.05, 0) is 42.2 Å². The number of aromatic hydroxyl groups is 2. The van der Waals surface area contributed by atoms with Crippen molar-refractivity contribution in [3.8, 4) is 11.5 Å². The van der Waals surface area contributed by atoms with Gasteiger partial charge in [0.2, 0.25) is 0 Å². The molecule has 0 spiro atoms. The molecule has 0 saturated heterocycles. The molecule has 126 valence electrons. The van der Waals surface area contributed by atoms with Gasteiger partial charge in [-0.2, -0.15) is 0 Å². The van der Waals surface area contributed by atoms with Crippen molar-refractivity contribution in [2.45, 2.75) is 33.0 Å². The van der Waals surface area contributed by atoms with Crippen molar-refractivity contribution in [2.75, 3.05) is 6.61 Å². The summed E-state index contributed by atoms with van der Waals surface area (Å²) in [4.78, 5) is 0. The molecule has 0 bridgehead atoms. The van der Waals surface area contributed by atoms with Crippen LogP contribution < -0.4 is 0 Å². The molecule has 0 amide bonds. The Balaban J connectivity index is 2.47. The Kier molecular flexibility index (Phi) is 4.99. The van der Waals surface area contributed by atoms with Crippen molar-refractivity contribution in [1.29, 1.82) is 0 Å². The number of aryl methyl sites for hydroxylation is 1. The molecule has 0 fully saturated rings. The van der Waals surface area contributed by atoms with Crippen molar-refractivity contribution in [3.05, 3.63) is 45.7 Å². The maximum absolute atomic E-state index is 10.3. The zero-order valence-electron chi connectivity index (χ0n) is 13.1. The quantitative estimate of drug-likeness (QED) is 0.495. The number of aliphatic hydroxyl groups excluding tert-OH is 4. The van der Waals surface area contributed by atoms with Crippen LogP contribution in [0.15, 0.2) is 29.0 Å². The highest BCUT2D eigenvalue weighted by molar-refractivity contribution is 5.54. The Morgan fingerprint density at radius 1 is 1.04 bits per heavy atom. The van der Waals surface area contributed by atoms with E-state index < -0.39 is 25.2 Å². The molecule has 2 rings (SSSR count). The first kappa shape index (κ1) is 17.3. The lowest BCUT2D eigenvalue weighted by molar-refractivity contribution is 0.0823. The van der Waals surface area contributed by atoms with Crippen LogP contribution in [0.25, 0.3) is 0 Å². The molecule has 0 aliphatic heterocycles. The van der Waals surface area contributed by atoms with Gasteiger partial charge in [0.15, 0.2) is 0 Å². The second-order valence-corrected chi connectivity index (χ2v) is 5.90. The molecule has 1 aliphatic carbocycles. The summed E-state index contributed by atoms with van der Waals surface area (Å²) in [6.45, 7) is 2.43. The second kappa shape index (κ2) is 6.62. The molecule has 23 heavy (non-hydrogen) atoms. The fraction of sp³-hybridized carbons (Fsp3) is 0.412. The lowest BCUT2D eigenvalue weighted by atomic mass is 9.84. The lowest BCUT2D eigenvalue weighted by Crippen LogP contribution is -2.30. The van der Waals surface area contributed by atoms with E-state index in [0.29, 0.717) is 22.3 Å². The number of rotatable bonds is 4. The zero-order valence-corrected chi connectivity index (χ0v) is 13.1. The molecule has 6 N–H and O–H groups in total. The highest BCUT2D eigenvalue weighted by Crippen LogP contribution is 2.37. The summed E-state index contributed by atoms with van der Waals surface area (Å²) in [5, 5.41) is 58.9. The third kappa shape index (κ3) is 3.06. The van der Waals surface area contributed by atoms with Gasteiger partial charge in [0, 0.05) is 6.42 Å². The van der Waals surface area contributed by atoms with Crippen LogP contribution in [0, 0.1) is 12.8 Å². The number of phenols is 2. The van der Waals surface area contributed by atoms with E-state index in [2.05, 4.69) is 0 Å². The summed E-state index contributed by atoms with van der Waals surface area (Å²) in [6, 6.07) is 1.58. The molecule has 0 aromatic heterocycles. The van der Waals surface area contributed by atoms with Crippen LogP contribution in [-0.4, -0.2) is 43.4 Å². The summed E-state index contributed by atoms with van der Waals surface area (Å²) in [5.41, 5.74) is 2.04. The van der Waals surface area contributed by atoms with Crippen LogP contribution >= 0.6 is 0 Å². The average molecular weight is 322 g/mol. The van der Waals surface area contributed by atoms with E-state index in [4.69, 9.17) is 0 Å². The van der Waals surface area contributed by atoms with E-state index in [9.17, 15) is 30.6 Å². The number of hydrogen-bond acceptors (Lipinski definition) is 6. The van der Waals surface area contributed by atoms with Crippen LogP contribution in [0.1, 0.15) is 23.6 Å². The van der Waals surface area contributed by atoms with Crippen LogP contribution in [0.3, 0.4) is 0 Å². The maximum atomic E-state index is 10.3. The number of benzene rings is 1. The minimum atomic E-state index is -0.952. The smallest absolute Gasteiger partial charge is 0.128 e. The fourth-order valence-corrected chi connectivity index (χ4v) is 2.90. The summed E-state index contributed by atoms with van der Waals surface area (Å²) in [5.74, 6) is -1.31. The third-order valence-electron chi connectivity index (χ3n) is 4.31. The van der Waals surface area contributed by atoms with E-state index in [0.717, 1.165) is 0 Å². The predicted octanol–water partition coefficient (Wildman–Crippen LogP) is 1.18. The molecule has 2 unspecified atom stereocenters. The highest BCUT2D eigenvalue weighted by atomic mass is 16.3. The molecule has 0 radical (unpaired) electrons. The monoisotopic (exact) mass is 322 g/mol. The maximum Gasteiger partial charge on any atom is 0.128 e. The minimum Gasteiger partial charge on any atom is -0.512 e. The second-order valence-electron chi connectivity index (χ2n) is 5.90. The Hall–Kier alpha value is -2.02. The topological polar surface area (TPSA) is 121 Å². The minimum absolute atomic E-state index is 0.0374. The van der Waals surface area contributed by atoms with Gasteiger partial charge in [0.1, 0.15) is 17.3 Å². The van der Waals surface area contributed by atoms with E-state index in [1.807, 2.05) is 0 Å². The van der Waals surface area contributed by atoms with Crippen LogP contribution in [-0.2, 0) is 13.0 Å². The van der Waals surface area contributed by atoms with E-state index in [1.54, 1.807) is 26.0 Å². The van der Waals surface area contributed by atoms with E-state index in [-0.39, 0.29) is 29.2 Å². The lowest BCUT2D eigenvalue weighted by Gasteiger charge is -2.27.